The molecule has 3 N–H and O–H groups in total. The highest BCUT2D eigenvalue weighted by molar-refractivity contribution is 6.34. The summed E-state index contributed by atoms with van der Waals surface area (Å²) in [6, 6.07) is 8.23. The molecule has 0 bridgehead atoms. The first kappa shape index (κ1) is 33.9. The predicted molar refractivity (Wildman–Crippen MR) is 164 cm³/mol. The van der Waals surface area contributed by atoms with Crippen LogP contribution in [0.5, 0.6) is 5.75 Å². The van der Waals surface area contributed by atoms with Crippen LogP contribution in [0.2, 0.25) is 5.02 Å². The van der Waals surface area contributed by atoms with E-state index in [4.69, 9.17) is 16.3 Å². The molecule has 9 heteroatoms. The van der Waals surface area contributed by atoms with Crippen molar-refractivity contribution in [3.8, 4) is 5.75 Å². The number of nitrogens with one attached hydrogen (secondary N) is 2. The van der Waals surface area contributed by atoms with Crippen molar-refractivity contribution in [2.24, 2.45) is 5.92 Å². The molecule has 0 aliphatic rings. The van der Waals surface area contributed by atoms with E-state index in [0.29, 0.717) is 34.7 Å². The minimum atomic E-state index is -1.05. The maximum atomic E-state index is 14.4. The van der Waals surface area contributed by atoms with E-state index in [1.165, 1.54) is 11.0 Å². The highest BCUT2D eigenvalue weighted by Crippen LogP contribution is 2.32. The number of unbranched alkanes of at least 4 members (excludes halogenated alkanes) is 2. The minimum Gasteiger partial charge on any atom is -0.508 e. The Balaban J connectivity index is 2.64. The highest BCUT2D eigenvalue weighted by Gasteiger charge is 2.38. The average molecular weight is 588 g/mol. The third-order valence-corrected chi connectivity index (χ3v) is 7.32. The number of benzene rings is 2. The van der Waals surface area contributed by atoms with Crippen LogP contribution < -0.4 is 10.6 Å². The third-order valence-electron chi connectivity index (χ3n) is 7.00. The smallest absolute Gasteiger partial charge is 0.408 e. The molecule has 0 saturated heterocycles. The number of rotatable bonds is 12. The minimum absolute atomic E-state index is 0.0859. The Hall–Kier alpha value is -3.26. The van der Waals surface area contributed by atoms with Crippen molar-refractivity contribution < 1.29 is 24.2 Å². The molecule has 0 saturated carbocycles. The zero-order chi connectivity index (χ0) is 30.9. The lowest BCUT2D eigenvalue weighted by Gasteiger charge is -2.36. The lowest BCUT2D eigenvalue weighted by Crippen LogP contribution is -2.55. The summed E-state index contributed by atoms with van der Waals surface area (Å²) in [5.74, 6) is -0.984. The number of nitrogens with zero attached hydrogens (tertiary/aromatic N) is 1. The van der Waals surface area contributed by atoms with E-state index in [9.17, 15) is 19.5 Å². The summed E-state index contributed by atoms with van der Waals surface area (Å²) in [6.07, 6.45) is 2.35. The number of amides is 3. The lowest BCUT2D eigenvalue weighted by atomic mass is 9.95. The number of phenolic OH excluding ortho intramolecular Hbond substituents is 1. The van der Waals surface area contributed by atoms with E-state index < -0.39 is 29.7 Å². The van der Waals surface area contributed by atoms with E-state index in [-0.39, 0.29) is 24.1 Å². The Morgan fingerprint density at radius 3 is 2.29 bits per heavy atom. The van der Waals surface area contributed by atoms with Crippen molar-refractivity contribution in [1.82, 2.24) is 10.2 Å². The van der Waals surface area contributed by atoms with Crippen molar-refractivity contribution in [1.29, 1.82) is 0 Å². The number of alkyl carbamates (subject to hydrolysis) is 1. The normalized spacial score (nSPS) is 13.6. The summed E-state index contributed by atoms with van der Waals surface area (Å²) in [6.45, 7) is 15.0. The zero-order valence-corrected chi connectivity index (χ0v) is 26.4. The second-order valence-electron chi connectivity index (χ2n) is 11.6. The molecule has 3 unspecified atom stereocenters. The fourth-order valence-electron chi connectivity index (χ4n) is 4.50. The number of ether oxygens (including phenoxy) is 1. The number of hydrogen-bond acceptors (Lipinski definition) is 5. The number of hydrogen-bond donors (Lipinski definition) is 3. The van der Waals surface area contributed by atoms with Crippen LogP contribution >= 0.6 is 11.6 Å². The number of carbonyl (C=O) groups is 3. The molecule has 0 spiro atoms. The third kappa shape index (κ3) is 9.66. The van der Waals surface area contributed by atoms with Gasteiger partial charge in [-0.3, -0.25) is 9.59 Å². The van der Waals surface area contributed by atoms with Gasteiger partial charge >= 0.3 is 6.09 Å². The highest BCUT2D eigenvalue weighted by atomic mass is 35.5. The Kier molecular flexibility index (Phi) is 12.5. The van der Waals surface area contributed by atoms with E-state index in [1.54, 1.807) is 52.0 Å². The van der Waals surface area contributed by atoms with Crippen molar-refractivity contribution >= 4 is 35.2 Å². The zero-order valence-electron chi connectivity index (χ0n) is 25.6. The van der Waals surface area contributed by atoms with Gasteiger partial charge in [0.2, 0.25) is 5.91 Å². The number of aromatic hydroxyl groups is 1. The summed E-state index contributed by atoms with van der Waals surface area (Å²) in [4.78, 5) is 42.9. The summed E-state index contributed by atoms with van der Waals surface area (Å²) < 4.78 is 5.48. The van der Waals surface area contributed by atoms with Crippen molar-refractivity contribution in [3.05, 3.63) is 58.1 Å². The van der Waals surface area contributed by atoms with Crippen LogP contribution in [0.15, 0.2) is 36.4 Å². The van der Waals surface area contributed by atoms with Gasteiger partial charge < -0.3 is 25.4 Å². The van der Waals surface area contributed by atoms with Crippen LogP contribution in [0, 0.1) is 19.8 Å². The Bertz CT molecular complexity index is 1190. The first-order valence-corrected chi connectivity index (χ1v) is 14.7. The van der Waals surface area contributed by atoms with Crippen LogP contribution in [0.1, 0.15) is 90.0 Å². The van der Waals surface area contributed by atoms with Gasteiger partial charge in [-0.15, -0.1) is 0 Å². The van der Waals surface area contributed by atoms with Gasteiger partial charge in [-0.1, -0.05) is 69.8 Å². The van der Waals surface area contributed by atoms with Crippen LogP contribution in [-0.2, 0) is 14.3 Å². The molecule has 0 heterocycles. The van der Waals surface area contributed by atoms with Crippen LogP contribution in [0.25, 0.3) is 0 Å². The first-order valence-electron chi connectivity index (χ1n) is 14.4. The fourth-order valence-corrected chi connectivity index (χ4v) is 4.77. The number of para-hydroxylation sites is 1. The molecule has 0 aliphatic heterocycles. The molecule has 0 aliphatic carbocycles. The second kappa shape index (κ2) is 15.1. The molecule has 8 nitrogen and oxygen atoms in total. The molecule has 3 atom stereocenters. The first-order chi connectivity index (χ1) is 19.2. The summed E-state index contributed by atoms with van der Waals surface area (Å²) >= 11 is 6.45. The number of phenols is 1. The fraction of sp³-hybridized carbons (Fsp3) is 0.531. The average Bonchev–Trinajstić information content (AvgIpc) is 2.89. The van der Waals surface area contributed by atoms with Crippen LogP contribution in [0.3, 0.4) is 0 Å². The van der Waals surface area contributed by atoms with Crippen molar-refractivity contribution in [2.75, 3.05) is 11.9 Å². The number of carbonyl (C=O) groups excluding carboxylic acids is 3. The van der Waals surface area contributed by atoms with Gasteiger partial charge in [0.05, 0.1) is 10.7 Å². The van der Waals surface area contributed by atoms with E-state index in [1.807, 2.05) is 26.8 Å². The van der Waals surface area contributed by atoms with Gasteiger partial charge in [0, 0.05) is 6.54 Å². The number of aryl methyl sites for hydroxylation is 2. The molecule has 41 heavy (non-hydrogen) atoms. The SMILES string of the molecule is CCCCCN(C(=O)C(NC(=O)OC(C)(C)C)C(C)CC)C(C(=O)Nc1c(C)cccc1Cl)c1ccc(O)c(C)c1. The van der Waals surface area contributed by atoms with Crippen molar-refractivity contribution in [2.45, 2.75) is 98.8 Å². The molecule has 2 aromatic rings. The topological polar surface area (TPSA) is 108 Å². The van der Waals surface area contributed by atoms with Crippen LogP contribution in [0.4, 0.5) is 10.5 Å². The molecule has 226 valence electrons. The van der Waals surface area contributed by atoms with Gasteiger partial charge in [0.1, 0.15) is 23.4 Å². The molecular formula is C32H46ClN3O5. The molecule has 0 radical (unpaired) electrons. The van der Waals surface area contributed by atoms with Gasteiger partial charge in [-0.2, -0.15) is 0 Å². The molecular weight excluding hydrogens is 542 g/mol. The van der Waals surface area contributed by atoms with Gasteiger partial charge in [-0.05, 0) is 81.8 Å². The molecule has 3 amide bonds. The van der Waals surface area contributed by atoms with Gasteiger partial charge in [0.25, 0.3) is 5.91 Å². The summed E-state index contributed by atoms with van der Waals surface area (Å²) in [7, 11) is 0. The van der Waals surface area contributed by atoms with E-state index in [2.05, 4.69) is 17.6 Å². The standard InChI is InChI=1S/C32H46ClN3O5/c1-9-11-12-18-36(30(39)27(20(3)10-2)35-31(40)41-32(6,7)8)28(23-16-17-25(37)22(5)19-23)29(38)34-26-21(4)14-13-15-24(26)33/h13-17,19-20,27-28,37H,9-12,18H2,1-8H3,(H,34,38)(H,35,40). The maximum absolute atomic E-state index is 14.4. The Morgan fingerprint density at radius 2 is 1.73 bits per heavy atom. The number of halogens is 1. The van der Waals surface area contributed by atoms with Gasteiger partial charge in [-0.25, -0.2) is 4.79 Å². The van der Waals surface area contributed by atoms with E-state index in [0.717, 1.165) is 18.4 Å². The Morgan fingerprint density at radius 1 is 1.05 bits per heavy atom. The molecule has 0 aromatic heterocycles. The second-order valence-corrected chi connectivity index (χ2v) is 12.0. The molecule has 0 fully saturated rings. The van der Waals surface area contributed by atoms with Crippen LogP contribution in [-0.4, -0.2) is 46.1 Å². The van der Waals surface area contributed by atoms with Crippen molar-refractivity contribution in [3.63, 3.8) is 0 Å². The summed E-state index contributed by atoms with van der Waals surface area (Å²) in [5.41, 5.74) is 1.60. The monoisotopic (exact) mass is 587 g/mol. The quantitative estimate of drug-likeness (QED) is 0.226. The maximum Gasteiger partial charge on any atom is 0.408 e. The largest absolute Gasteiger partial charge is 0.508 e. The molecule has 2 rings (SSSR count). The number of anilines is 1. The Labute approximate surface area is 249 Å². The van der Waals surface area contributed by atoms with E-state index >= 15 is 0 Å². The predicted octanol–water partition coefficient (Wildman–Crippen LogP) is 7.30. The summed E-state index contributed by atoms with van der Waals surface area (Å²) in [5, 5.41) is 16.3. The molecule has 2 aromatic carbocycles. The van der Waals surface area contributed by atoms with Gasteiger partial charge in [0.15, 0.2) is 0 Å². The lowest BCUT2D eigenvalue weighted by molar-refractivity contribution is -0.142.